The second-order valence-corrected chi connectivity index (χ2v) is 5.83. The van der Waals surface area contributed by atoms with E-state index in [4.69, 9.17) is 9.47 Å². The Kier molecular flexibility index (Phi) is 4.88. The molecule has 134 valence electrons. The van der Waals surface area contributed by atoms with Crippen LogP contribution in [-0.2, 0) is 16.0 Å². The van der Waals surface area contributed by atoms with E-state index in [9.17, 15) is 9.90 Å². The Morgan fingerprint density at radius 3 is 2.69 bits per heavy atom. The molecule has 0 aliphatic heterocycles. The first-order valence-electron chi connectivity index (χ1n) is 8.04. The minimum Gasteiger partial charge on any atom is -0.506 e. The maximum absolute atomic E-state index is 11.4. The highest BCUT2D eigenvalue weighted by Crippen LogP contribution is 2.24. The zero-order valence-electron chi connectivity index (χ0n) is 14.6. The molecule has 3 rings (SSSR count). The highest BCUT2D eigenvalue weighted by Gasteiger charge is 2.11. The molecule has 0 bridgehead atoms. The van der Waals surface area contributed by atoms with Crippen LogP contribution in [0.25, 0.3) is 16.7 Å². The average molecular weight is 353 g/mol. The van der Waals surface area contributed by atoms with Gasteiger partial charge in [-0.3, -0.25) is 0 Å². The number of rotatable bonds is 6. The summed E-state index contributed by atoms with van der Waals surface area (Å²) >= 11 is 0. The van der Waals surface area contributed by atoms with Crippen LogP contribution in [0.5, 0.6) is 11.5 Å². The summed E-state index contributed by atoms with van der Waals surface area (Å²) in [6, 6.07) is 10.5. The summed E-state index contributed by atoms with van der Waals surface area (Å²) in [6.07, 6.45) is 0.501. The third-order valence-corrected chi connectivity index (χ3v) is 3.82. The Balaban J connectivity index is 1.83. The van der Waals surface area contributed by atoms with Crippen molar-refractivity contribution in [2.24, 2.45) is 0 Å². The maximum atomic E-state index is 11.4. The fourth-order valence-corrected chi connectivity index (χ4v) is 2.40. The second-order valence-electron chi connectivity index (χ2n) is 5.83. The fourth-order valence-electron chi connectivity index (χ4n) is 2.40. The third-order valence-electron chi connectivity index (χ3n) is 3.82. The van der Waals surface area contributed by atoms with E-state index in [1.165, 1.54) is 4.80 Å². The highest BCUT2D eigenvalue weighted by atomic mass is 16.5. The molecule has 1 aromatic heterocycles. The van der Waals surface area contributed by atoms with Gasteiger partial charge in [-0.1, -0.05) is 12.6 Å². The van der Waals surface area contributed by atoms with Gasteiger partial charge in [-0.15, -0.1) is 15.0 Å². The van der Waals surface area contributed by atoms with Crippen LogP contribution >= 0.6 is 0 Å². The van der Waals surface area contributed by atoms with Gasteiger partial charge in [-0.2, -0.15) is 0 Å². The van der Waals surface area contributed by atoms with Crippen molar-refractivity contribution in [3.63, 3.8) is 0 Å². The largest absolute Gasteiger partial charge is 0.506 e. The van der Waals surface area contributed by atoms with Gasteiger partial charge in [0.1, 0.15) is 28.2 Å². The van der Waals surface area contributed by atoms with Crippen molar-refractivity contribution in [3.8, 4) is 17.2 Å². The van der Waals surface area contributed by atoms with E-state index in [0.29, 0.717) is 34.5 Å². The molecule has 1 N–H and O–H groups in total. The summed E-state index contributed by atoms with van der Waals surface area (Å²) in [5.41, 5.74) is 3.03. The number of phenols is 1. The molecule has 26 heavy (non-hydrogen) atoms. The van der Waals surface area contributed by atoms with Crippen LogP contribution in [-0.4, -0.2) is 39.8 Å². The van der Waals surface area contributed by atoms with E-state index in [2.05, 4.69) is 16.8 Å². The van der Waals surface area contributed by atoms with Crippen molar-refractivity contribution in [2.45, 2.75) is 13.3 Å². The summed E-state index contributed by atoms with van der Waals surface area (Å²) in [4.78, 5) is 12.8. The predicted molar refractivity (Wildman–Crippen MR) is 96.6 cm³/mol. The Morgan fingerprint density at radius 1 is 1.19 bits per heavy atom. The van der Waals surface area contributed by atoms with Gasteiger partial charge in [0.2, 0.25) is 0 Å². The van der Waals surface area contributed by atoms with Crippen molar-refractivity contribution in [3.05, 3.63) is 54.1 Å². The molecular weight excluding hydrogens is 334 g/mol. The van der Waals surface area contributed by atoms with Crippen molar-refractivity contribution in [1.29, 1.82) is 0 Å². The number of carbonyl (C=O) groups is 1. The number of fused-ring (bicyclic) bond motifs is 1. The van der Waals surface area contributed by atoms with E-state index in [-0.39, 0.29) is 12.4 Å². The monoisotopic (exact) mass is 353 g/mol. The molecule has 0 fully saturated rings. The first-order chi connectivity index (χ1) is 12.5. The minimum absolute atomic E-state index is 0.0555. The van der Waals surface area contributed by atoms with Gasteiger partial charge in [0.05, 0.1) is 13.7 Å². The molecule has 0 amide bonds. The lowest BCUT2D eigenvalue weighted by atomic mass is 10.1. The van der Waals surface area contributed by atoms with Crippen LogP contribution in [0.2, 0.25) is 0 Å². The summed E-state index contributed by atoms with van der Waals surface area (Å²) < 4.78 is 10.3. The third kappa shape index (κ3) is 3.66. The van der Waals surface area contributed by atoms with Gasteiger partial charge < -0.3 is 14.6 Å². The number of methoxy groups -OCH3 is 1. The number of aromatic hydroxyl groups is 1. The summed E-state index contributed by atoms with van der Waals surface area (Å²) in [7, 11) is 1.58. The SMILES string of the molecule is C=C(C)C(=O)OCCc1ccc(O)c(-n2nc3ccc(OC)cc3n2)c1. The number of nitrogens with zero attached hydrogens (tertiary/aromatic N) is 3. The lowest BCUT2D eigenvalue weighted by Gasteiger charge is -2.08. The number of hydrogen-bond acceptors (Lipinski definition) is 6. The Hall–Kier alpha value is -3.35. The molecule has 1 heterocycles. The average Bonchev–Trinajstić information content (AvgIpc) is 3.05. The number of ether oxygens (including phenoxy) is 2. The van der Waals surface area contributed by atoms with Crippen LogP contribution in [0.1, 0.15) is 12.5 Å². The molecule has 0 aliphatic rings. The van der Waals surface area contributed by atoms with Crippen LogP contribution < -0.4 is 4.74 Å². The summed E-state index contributed by atoms with van der Waals surface area (Å²) in [5, 5.41) is 19.0. The van der Waals surface area contributed by atoms with Gasteiger partial charge in [0, 0.05) is 18.1 Å². The molecule has 2 aromatic carbocycles. The molecule has 0 radical (unpaired) electrons. The van der Waals surface area contributed by atoms with Gasteiger partial charge in [-0.25, -0.2) is 4.79 Å². The number of hydrogen-bond donors (Lipinski definition) is 1. The van der Waals surface area contributed by atoms with Crippen LogP contribution in [0, 0.1) is 0 Å². The maximum Gasteiger partial charge on any atom is 0.333 e. The molecule has 0 saturated carbocycles. The molecule has 0 unspecified atom stereocenters. The topological polar surface area (TPSA) is 86.5 Å². The number of benzene rings is 2. The number of phenolic OH excluding ortho intramolecular Hbond substituents is 1. The van der Waals surface area contributed by atoms with E-state index in [1.807, 2.05) is 0 Å². The molecule has 0 aliphatic carbocycles. The summed E-state index contributed by atoms with van der Waals surface area (Å²) in [5.74, 6) is 0.319. The number of carbonyl (C=O) groups excluding carboxylic acids is 1. The number of esters is 1. The Morgan fingerprint density at radius 2 is 1.96 bits per heavy atom. The van der Waals surface area contributed by atoms with Crippen LogP contribution in [0.3, 0.4) is 0 Å². The van der Waals surface area contributed by atoms with Gasteiger partial charge in [-0.05, 0) is 36.8 Å². The highest BCUT2D eigenvalue weighted by molar-refractivity contribution is 5.86. The van der Waals surface area contributed by atoms with Gasteiger partial charge >= 0.3 is 5.97 Å². The van der Waals surface area contributed by atoms with E-state index in [1.54, 1.807) is 50.4 Å². The van der Waals surface area contributed by atoms with Crippen LogP contribution in [0.4, 0.5) is 0 Å². The lowest BCUT2D eigenvalue weighted by Crippen LogP contribution is -2.08. The van der Waals surface area contributed by atoms with E-state index in [0.717, 1.165) is 5.56 Å². The molecule has 0 saturated heterocycles. The van der Waals surface area contributed by atoms with Crippen LogP contribution in [0.15, 0.2) is 48.6 Å². The quantitative estimate of drug-likeness (QED) is 0.542. The molecule has 7 heteroatoms. The van der Waals surface area contributed by atoms with Crippen molar-refractivity contribution in [2.75, 3.05) is 13.7 Å². The summed E-state index contributed by atoms with van der Waals surface area (Å²) in [6.45, 7) is 5.37. The lowest BCUT2D eigenvalue weighted by molar-refractivity contribution is -0.138. The Labute approximate surface area is 150 Å². The Bertz CT molecular complexity index is 978. The first kappa shape index (κ1) is 17.5. The van der Waals surface area contributed by atoms with Gasteiger partial charge in [0.25, 0.3) is 0 Å². The fraction of sp³-hybridized carbons (Fsp3) is 0.211. The van der Waals surface area contributed by atoms with Crippen molar-refractivity contribution in [1.82, 2.24) is 15.0 Å². The molecule has 7 nitrogen and oxygen atoms in total. The minimum atomic E-state index is -0.419. The van der Waals surface area contributed by atoms with Gasteiger partial charge in [0.15, 0.2) is 0 Å². The predicted octanol–water partition coefficient (Wildman–Crippen LogP) is 2.80. The zero-order chi connectivity index (χ0) is 18.7. The molecular formula is C19H19N3O4. The zero-order valence-corrected chi connectivity index (χ0v) is 14.6. The molecule has 0 atom stereocenters. The van der Waals surface area contributed by atoms with E-state index >= 15 is 0 Å². The second kappa shape index (κ2) is 7.26. The smallest absolute Gasteiger partial charge is 0.333 e. The molecule has 0 spiro atoms. The van der Waals surface area contributed by atoms with E-state index < -0.39 is 5.97 Å². The normalized spacial score (nSPS) is 10.7. The van der Waals surface area contributed by atoms with Crippen molar-refractivity contribution >= 4 is 17.0 Å². The van der Waals surface area contributed by atoms with Crippen molar-refractivity contribution < 1.29 is 19.4 Å². The first-order valence-corrected chi connectivity index (χ1v) is 8.04. The number of aromatic nitrogens is 3. The molecule has 3 aromatic rings. The standard InChI is InChI=1S/C19H19N3O4/c1-12(2)19(24)26-9-8-13-4-7-18(23)17(10-13)22-20-15-6-5-14(25-3)11-16(15)21-22/h4-7,10-11,23H,1,8-9H2,2-3H3.